The third kappa shape index (κ3) is 3.18. The van der Waals surface area contributed by atoms with Gasteiger partial charge in [-0.05, 0) is 24.0 Å². The molecule has 0 amide bonds. The van der Waals surface area contributed by atoms with E-state index >= 15 is 0 Å². The zero-order valence-electron chi connectivity index (χ0n) is 8.83. The summed E-state index contributed by atoms with van der Waals surface area (Å²) in [4.78, 5) is 4.05. The zero-order chi connectivity index (χ0) is 10.4. The van der Waals surface area contributed by atoms with Crippen LogP contribution in [0.25, 0.3) is 0 Å². The molecule has 0 aliphatic rings. The predicted molar refractivity (Wildman–Crippen MR) is 56.7 cm³/mol. The maximum atomic E-state index is 8.58. The zero-order valence-corrected chi connectivity index (χ0v) is 8.83. The van der Waals surface area contributed by atoms with E-state index in [1.165, 1.54) is 18.4 Å². The molecule has 0 aliphatic carbocycles. The molecule has 2 nitrogen and oxygen atoms in total. The third-order valence-electron chi connectivity index (χ3n) is 2.30. The lowest BCUT2D eigenvalue weighted by Crippen LogP contribution is -1.99. The Hall–Kier alpha value is -1.36. The number of rotatable bonds is 4. The first-order chi connectivity index (χ1) is 6.76. The molecule has 74 valence electrons. The summed E-state index contributed by atoms with van der Waals surface area (Å²) in [5.41, 5.74) is 1.72. The minimum atomic E-state index is 0.497. The predicted octanol–water partition coefficient (Wildman–Crippen LogP) is 2.93. The fourth-order valence-electron chi connectivity index (χ4n) is 1.61. The molecule has 14 heavy (non-hydrogen) atoms. The number of aromatic nitrogens is 1. The summed E-state index contributed by atoms with van der Waals surface area (Å²) in [5, 5.41) is 8.58. The SMILES string of the molecule is CCCC(C)Cc1ccc(C#N)nc1. The lowest BCUT2D eigenvalue weighted by molar-refractivity contribution is 0.522. The Labute approximate surface area is 85.6 Å². The molecule has 2 heteroatoms. The minimum absolute atomic E-state index is 0.497. The van der Waals surface area contributed by atoms with E-state index in [4.69, 9.17) is 5.26 Å². The summed E-state index contributed by atoms with van der Waals surface area (Å²) in [6, 6.07) is 5.80. The fourth-order valence-corrected chi connectivity index (χ4v) is 1.61. The van der Waals surface area contributed by atoms with Crippen molar-refractivity contribution < 1.29 is 0 Å². The molecule has 0 saturated heterocycles. The van der Waals surface area contributed by atoms with Crippen LogP contribution >= 0.6 is 0 Å². The van der Waals surface area contributed by atoms with Crippen LogP contribution in [0.3, 0.4) is 0 Å². The maximum Gasteiger partial charge on any atom is 0.140 e. The standard InChI is InChI=1S/C12H16N2/c1-3-4-10(2)7-11-5-6-12(8-13)14-9-11/h5-6,9-10H,3-4,7H2,1-2H3. The Bertz CT molecular complexity index is 308. The molecule has 0 N–H and O–H groups in total. The highest BCUT2D eigenvalue weighted by atomic mass is 14.7. The van der Waals surface area contributed by atoms with Crippen molar-refractivity contribution in [3.05, 3.63) is 29.6 Å². The van der Waals surface area contributed by atoms with Gasteiger partial charge in [0.25, 0.3) is 0 Å². The molecule has 1 heterocycles. The van der Waals surface area contributed by atoms with Gasteiger partial charge in [0.1, 0.15) is 11.8 Å². The number of hydrogen-bond donors (Lipinski definition) is 0. The molecule has 0 fully saturated rings. The summed E-state index contributed by atoms with van der Waals surface area (Å²) in [6.07, 6.45) is 5.35. The minimum Gasteiger partial charge on any atom is -0.245 e. The quantitative estimate of drug-likeness (QED) is 0.728. The van der Waals surface area contributed by atoms with E-state index in [1.807, 2.05) is 18.3 Å². The van der Waals surface area contributed by atoms with Crippen molar-refractivity contribution >= 4 is 0 Å². The Morgan fingerprint density at radius 1 is 1.50 bits per heavy atom. The second-order valence-corrected chi connectivity index (χ2v) is 3.76. The highest BCUT2D eigenvalue weighted by Crippen LogP contribution is 2.12. The van der Waals surface area contributed by atoms with Gasteiger partial charge in [-0.1, -0.05) is 32.8 Å². The molecule has 1 aromatic heterocycles. The number of pyridine rings is 1. The molecule has 1 unspecified atom stereocenters. The van der Waals surface area contributed by atoms with Crippen LogP contribution in [0.2, 0.25) is 0 Å². The second kappa shape index (κ2) is 5.39. The van der Waals surface area contributed by atoms with Gasteiger partial charge in [-0.2, -0.15) is 5.26 Å². The summed E-state index contributed by atoms with van der Waals surface area (Å²) >= 11 is 0. The highest BCUT2D eigenvalue weighted by Gasteiger charge is 2.02. The van der Waals surface area contributed by atoms with Gasteiger partial charge in [-0.15, -0.1) is 0 Å². The molecule has 0 bridgehead atoms. The summed E-state index contributed by atoms with van der Waals surface area (Å²) in [6.45, 7) is 4.45. The smallest absolute Gasteiger partial charge is 0.140 e. The third-order valence-corrected chi connectivity index (χ3v) is 2.30. The summed E-state index contributed by atoms with van der Waals surface area (Å²) < 4.78 is 0. The fraction of sp³-hybridized carbons (Fsp3) is 0.500. The largest absolute Gasteiger partial charge is 0.245 e. The molecular formula is C12H16N2. The van der Waals surface area contributed by atoms with Crippen LogP contribution in [0.1, 0.15) is 37.9 Å². The Kier molecular flexibility index (Phi) is 4.12. The van der Waals surface area contributed by atoms with E-state index in [9.17, 15) is 0 Å². The molecule has 0 aliphatic heterocycles. The van der Waals surface area contributed by atoms with Crippen LogP contribution in [0, 0.1) is 17.2 Å². The second-order valence-electron chi connectivity index (χ2n) is 3.76. The molecular weight excluding hydrogens is 172 g/mol. The summed E-state index contributed by atoms with van der Waals surface area (Å²) in [5.74, 6) is 0.703. The molecule has 1 atom stereocenters. The first kappa shape index (κ1) is 10.7. The number of hydrogen-bond acceptors (Lipinski definition) is 2. The van der Waals surface area contributed by atoms with Crippen LogP contribution in [0.4, 0.5) is 0 Å². The molecule has 1 rings (SSSR count). The maximum absolute atomic E-state index is 8.58. The van der Waals surface area contributed by atoms with Crippen molar-refractivity contribution in [3.63, 3.8) is 0 Å². The molecule has 0 aromatic carbocycles. The normalized spacial score (nSPS) is 12.1. The van der Waals surface area contributed by atoms with E-state index in [1.54, 1.807) is 6.07 Å². The van der Waals surface area contributed by atoms with Crippen molar-refractivity contribution in [2.45, 2.75) is 33.1 Å². The molecule has 1 aromatic rings. The van der Waals surface area contributed by atoms with Gasteiger partial charge in [0.2, 0.25) is 0 Å². The molecule has 0 saturated carbocycles. The lowest BCUT2D eigenvalue weighted by atomic mass is 9.98. The van der Waals surface area contributed by atoms with Gasteiger partial charge < -0.3 is 0 Å². The van der Waals surface area contributed by atoms with Gasteiger partial charge >= 0.3 is 0 Å². The van der Waals surface area contributed by atoms with Gasteiger partial charge in [0, 0.05) is 6.20 Å². The van der Waals surface area contributed by atoms with Gasteiger partial charge in [-0.3, -0.25) is 0 Å². The van der Waals surface area contributed by atoms with E-state index in [-0.39, 0.29) is 0 Å². The van der Waals surface area contributed by atoms with Crippen molar-refractivity contribution in [1.29, 1.82) is 5.26 Å². The van der Waals surface area contributed by atoms with Gasteiger partial charge in [0.05, 0.1) is 0 Å². The molecule has 0 radical (unpaired) electrons. The van der Waals surface area contributed by atoms with Crippen molar-refractivity contribution in [3.8, 4) is 6.07 Å². The van der Waals surface area contributed by atoms with E-state index in [0.717, 1.165) is 6.42 Å². The lowest BCUT2D eigenvalue weighted by Gasteiger charge is -2.08. The van der Waals surface area contributed by atoms with Crippen molar-refractivity contribution in [2.75, 3.05) is 0 Å². The topological polar surface area (TPSA) is 36.7 Å². The Morgan fingerprint density at radius 3 is 2.79 bits per heavy atom. The van der Waals surface area contributed by atoms with Crippen LogP contribution in [0.15, 0.2) is 18.3 Å². The van der Waals surface area contributed by atoms with Crippen LogP contribution in [-0.2, 0) is 6.42 Å². The molecule has 0 spiro atoms. The van der Waals surface area contributed by atoms with E-state index in [2.05, 4.69) is 18.8 Å². The average Bonchev–Trinajstić information content (AvgIpc) is 2.19. The van der Waals surface area contributed by atoms with E-state index in [0.29, 0.717) is 11.6 Å². The first-order valence-electron chi connectivity index (χ1n) is 5.11. The first-order valence-corrected chi connectivity index (χ1v) is 5.11. The number of nitriles is 1. The van der Waals surface area contributed by atoms with Crippen LogP contribution < -0.4 is 0 Å². The Morgan fingerprint density at radius 2 is 2.29 bits per heavy atom. The van der Waals surface area contributed by atoms with Crippen molar-refractivity contribution in [2.24, 2.45) is 5.92 Å². The summed E-state index contributed by atoms with van der Waals surface area (Å²) in [7, 11) is 0. The van der Waals surface area contributed by atoms with Crippen LogP contribution in [0.5, 0.6) is 0 Å². The Balaban J connectivity index is 2.56. The average molecular weight is 188 g/mol. The van der Waals surface area contributed by atoms with Crippen LogP contribution in [-0.4, -0.2) is 4.98 Å². The highest BCUT2D eigenvalue weighted by molar-refractivity contribution is 5.23. The van der Waals surface area contributed by atoms with Gasteiger partial charge in [-0.25, -0.2) is 4.98 Å². The van der Waals surface area contributed by atoms with E-state index < -0.39 is 0 Å². The van der Waals surface area contributed by atoms with Crippen molar-refractivity contribution in [1.82, 2.24) is 4.98 Å². The number of nitrogens with zero attached hydrogens (tertiary/aromatic N) is 2. The monoisotopic (exact) mass is 188 g/mol. The van der Waals surface area contributed by atoms with Gasteiger partial charge in [0.15, 0.2) is 0 Å².